The molecule has 3 amide bonds. The van der Waals surface area contributed by atoms with E-state index in [0.717, 1.165) is 36.9 Å². The largest absolute Gasteiger partial charge is 0.393 e. The summed E-state index contributed by atoms with van der Waals surface area (Å²) in [5.74, 6) is -1.94. The lowest BCUT2D eigenvalue weighted by Crippen LogP contribution is -2.31. The molecule has 0 radical (unpaired) electrons. The Kier molecular flexibility index (Phi) is 11.0. The maximum atomic E-state index is 15.5. The van der Waals surface area contributed by atoms with Gasteiger partial charge < -0.3 is 37.6 Å². The summed E-state index contributed by atoms with van der Waals surface area (Å²) in [6, 6.07) is 13.6. The van der Waals surface area contributed by atoms with E-state index in [4.69, 9.17) is 11.5 Å². The number of hydrogen-bond donors (Lipinski definition) is 6. The van der Waals surface area contributed by atoms with Crippen LogP contribution in [-0.4, -0.2) is 48.7 Å². The van der Waals surface area contributed by atoms with Crippen LogP contribution in [0.15, 0.2) is 78.0 Å². The molecular formula is C34H41FN8O3. The zero-order valence-corrected chi connectivity index (χ0v) is 26.5. The van der Waals surface area contributed by atoms with E-state index in [1.165, 1.54) is 30.2 Å². The van der Waals surface area contributed by atoms with Gasteiger partial charge in [0.15, 0.2) is 0 Å². The maximum absolute atomic E-state index is 15.5. The van der Waals surface area contributed by atoms with Gasteiger partial charge in [-0.2, -0.15) is 0 Å². The minimum atomic E-state index is -0.672. The number of para-hydroxylation sites is 1. The van der Waals surface area contributed by atoms with Gasteiger partial charge in [0.25, 0.3) is 11.8 Å². The third-order valence-corrected chi connectivity index (χ3v) is 7.54. The third kappa shape index (κ3) is 8.20. The number of hydrogen-bond acceptors (Lipinski definition) is 8. The van der Waals surface area contributed by atoms with Crippen molar-refractivity contribution in [2.24, 2.45) is 17.4 Å². The second-order valence-electron chi connectivity index (χ2n) is 11.1. The van der Waals surface area contributed by atoms with Crippen LogP contribution in [0.25, 0.3) is 11.1 Å². The quantitative estimate of drug-likeness (QED) is 0.123. The molecule has 11 nitrogen and oxygen atoms in total. The van der Waals surface area contributed by atoms with Crippen molar-refractivity contribution in [3.8, 4) is 11.1 Å². The number of amides is 3. The number of allylic oxidation sites excluding steroid dienone is 1. The highest BCUT2D eigenvalue weighted by Crippen LogP contribution is 2.36. The predicted octanol–water partition coefficient (Wildman–Crippen LogP) is 3.81. The number of rotatable bonds is 13. The van der Waals surface area contributed by atoms with Crippen LogP contribution in [0.3, 0.4) is 0 Å². The molecule has 1 aliphatic rings. The molecule has 12 heteroatoms. The van der Waals surface area contributed by atoms with Crippen LogP contribution in [0.2, 0.25) is 0 Å². The van der Waals surface area contributed by atoms with Crippen molar-refractivity contribution < 1.29 is 18.8 Å². The van der Waals surface area contributed by atoms with Crippen LogP contribution in [-0.2, 0) is 22.6 Å². The Bertz CT molecular complexity index is 1680. The van der Waals surface area contributed by atoms with Gasteiger partial charge in [-0.3, -0.25) is 19.4 Å². The Balaban J connectivity index is 1.60. The lowest BCUT2D eigenvalue weighted by Gasteiger charge is -2.20. The molecule has 2 aromatic carbocycles. The molecule has 3 aromatic rings. The normalized spacial score (nSPS) is 13.4. The summed E-state index contributed by atoms with van der Waals surface area (Å²) in [5, 5.41) is 11.4. The molecule has 1 saturated carbocycles. The Morgan fingerprint density at radius 2 is 1.85 bits per heavy atom. The van der Waals surface area contributed by atoms with Gasteiger partial charge in [0.2, 0.25) is 5.91 Å². The second kappa shape index (κ2) is 15.1. The highest BCUT2D eigenvalue weighted by atomic mass is 19.1. The van der Waals surface area contributed by atoms with E-state index in [1.807, 2.05) is 12.1 Å². The highest BCUT2D eigenvalue weighted by molar-refractivity contribution is 5.97. The summed E-state index contributed by atoms with van der Waals surface area (Å²) in [5.41, 5.74) is 16.2. The Morgan fingerprint density at radius 3 is 2.50 bits per heavy atom. The van der Waals surface area contributed by atoms with Gasteiger partial charge >= 0.3 is 0 Å². The number of likely N-dealkylation sites (N-methyl/N-ethyl adjacent to an activating group) is 1. The lowest BCUT2D eigenvalue weighted by molar-refractivity contribution is -0.121. The predicted molar refractivity (Wildman–Crippen MR) is 177 cm³/mol. The van der Waals surface area contributed by atoms with Gasteiger partial charge in [-0.1, -0.05) is 31.5 Å². The van der Waals surface area contributed by atoms with Crippen molar-refractivity contribution >= 4 is 29.1 Å². The number of carbonyl (C=O) groups excluding carboxylic acids is 3. The number of carbonyl (C=O) groups is 3. The SMILES string of the molecule is CCCc1ccnc(CN(C)C(=O)c2ccc(-c3cccc(NC(/C=C(\N)NC(=O)C4CC4)=C(/N)C(=O)NC)c3NC)cc2F)c1. The molecule has 4 rings (SSSR count). The van der Waals surface area contributed by atoms with Gasteiger partial charge in [-0.25, -0.2) is 4.39 Å². The number of halogens is 1. The number of pyridine rings is 1. The highest BCUT2D eigenvalue weighted by Gasteiger charge is 2.29. The van der Waals surface area contributed by atoms with Crippen molar-refractivity contribution in [2.45, 2.75) is 39.2 Å². The first-order valence-corrected chi connectivity index (χ1v) is 15.1. The molecule has 0 unspecified atom stereocenters. The number of anilines is 2. The van der Waals surface area contributed by atoms with Crippen molar-refractivity contribution in [3.63, 3.8) is 0 Å². The molecule has 0 bridgehead atoms. The average molecular weight is 629 g/mol. The van der Waals surface area contributed by atoms with E-state index in [2.05, 4.69) is 33.2 Å². The van der Waals surface area contributed by atoms with E-state index in [-0.39, 0.29) is 41.1 Å². The summed E-state index contributed by atoms with van der Waals surface area (Å²) < 4.78 is 15.5. The molecule has 0 saturated heterocycles. The molecule has 1 heterocycles. The summed E-state index contributed by atoms with van der Waals surface area (Å²) in [6.45, 7) is 2.34. The average Bonchev–Trinajstić information content (AvgIpc) is 3.89. The molecule has 0 aliphatic heterocycles. The Hall–Kier alpha value is -5.39. The van der Waals surface area contributed by atoms with Gasteiger partial charge in [0, 0.05) is 44.9 Å². The van der Waals surface area contributed by atoms with Crippen LogP contribution >= 0.6 is 0 Å². The smallest absolute Gasteiger partial charge is 0.269 e. The number of nitrogens with two attached hydrogens (primary N) is 2. The molecule has 242 valence electrons. The monoisotopic (exact) mass is 628 g/mol. The number of nitrogens with zero attached hydrogens (tertiary/aromatic N) is 2. The van der Waals surface area contributed by atoms with E-state index in [1.54, 1.807) is 44.6 Å². The number of nitrogens with one attached hydrogen (secondary N) is 4. The van der Waals surface area contributed by atoms with E-state index >= 15 is 4.39 Å². The Labute approximate surface area is 268 Å². The van der Waals surface area contributed by atoms with Crippen LogP contribution in [0.5, 0.6) is 0 Å². The molecule has 1 aliphatic carbocycles. The number of benzene rings is 2. The van der Waals surface area contributed by atoms with E-state index in [0.29, 0.717) is 22.5 Å². The number of aromatic nitrogens is 1. The second-order valence-corrected chi connectivity index (χ2v) is 11.1. The van der Waals surface area contributed by atoms with Gasteiger partial charge in [0.05, 0.1) is 34.9 Å². The first-order chi connectivity index (χ1) is 22.1. The molecule has 0 spiro atoms. The molecule has 0 atom stereocenters. The standard InChI is InChI=1S/C34H41FN8O3/c1-5-7-20-14-15-40-23(16-20)19-43(4)34(46)25-13-12-22(17-26(25)35)24-8-6-9-27(31(24)38-2)41-28(30(37)33(45)39-3)18-29(36)42-32(44)21-10-11-21/h6,8-9,12-18,21,38,41H,5,7,10-11,19,36-37H2,1-4H3,(H,39,45)(H,42,44)/b29-18+,30-28+. The van der Waals surface area contributed by atoms with Crippen molar-refractivity contribution in [3.05, 3.63) is 101 Å². The summed E-state index contributed by atoms with van der Waals surface area (Å²) >= 11 is 0. The minimum absolute atomic E-state index is 0.0187. The number of aryl methyl sites for hydroxylation is 1. The van der Waals surface area contributed by atoms with E-state index < -0.39 is 17.6 Å². The molecule has 1 fully saturated rings. The fourth-order valence-corrected chi connectivity index (χ4v) is 4.97. The van der Waals surface area contributed by atoms with Crippen molar-refractivity contribution in [2.75, 3.05) is 31.8 Å². The maximum Gasteiger partial charge on any atom is 0.269 e. The zero-order valence-electron chi connectivity index (χ0n) is 26.5. The van der Waals surface area contributed by atoms with Crippen LogP contribution in [0.4, 0.5) is 15.8 Å². The minimum Gasteiger partial charge on any atom is -0.393 e. The zero-order chi connectivity index (χ0) is 33.4. The Morgan fingerprint density at radius 1 is 1.09 bits per heavy atom. The fraction of sp³-hybridized carbons (Fsp3) is 0.294. The first-order valence-electron chi connectivity index (χ1n) is 15.1. The van der Waals surface area contributed by atoms with Crippen LogP contribution in [0.1, 0.15) is 47.8 Å². The van der Waals surface area contributed by atoms with Gasteiger partial charge in [-0.15, -0.1) is 0 Å². The molecular weight excluding hydrogens is 587 g/mol. The van der Waals surface area contributed by atoms with Crippen LogP contribution in [0, 0.1) is 11.7 Å². The lowest BCUT2D eigenvalue weighted by atomic mass is 10.00. The summed E-state index contributed by atoms with van der Waals surface area (Å²) in [6.07, 6.45) is 6.62. The third-order valence-electron chi connectivity index (χ3n) is 7.54. The van der Waals surface area contributed by atoms with Crippen LogP contribution < -0.4 is 32.7 Å². The topological polar surface area (TPSA) is 168 Å². The molecule has 8 N–H and O–H groups in total. The van der Waals surface area contributed by atoms with Gasteiger partial charge in [-0.05, 0) is 60.7 Å². The fourth-order valence-electron chi connectivity index (χ4n) is 4.97. The molecule has 1 aromatic heterocycles. The van der Waals surface area contributed by atoms with Crippen molar-refractivity contribution in [1.29, 1.82) is 0 Å². The molecule has 46 heavy (non-hydrogen) atoms. The van der Waals surface area contributed by atoms with Gasteiger partial charge in [0.1, 0.15) is 17.3 Å². The van der Waals surface area contributed by atoms with Crippen molar-refractivity contribution in [1.82, 2.24) is 20.5 Å². The first kappa shape index (κ1) is 33.5. The van der Waals surface area contributed by atoms with E-state index in [9.17, 15) is 14.4 Å². The summed E-state index contributed by atoms with van der Waals surface area (Å²) in [7, 11) is 4.76. The summed E-state index contributed by atoms with van der Waals surface area (Å²) in [4.78, 5) is 43.7.